The minimum absolute atomic E-state index is 0.260. The quantitative estimate of drug-likeness (QED) is 0.770. The number of hydrogen-bond acceptors (Lipinski definition) is 6. The van der Waals surface area contributed by atoms with Gasteiger partial charge in [-0.05, 0) is 43.2 Å². The number of benzene rings is 1. The molecule has 1 fully saturated rings. The third-order valence-electron chi connectivity index (χ3n) is 3.91. The first-order chi connectivity index (χ1) is 12.2. The molecule has 25 heavy (non-hydrogen) atoms. The van der Waals surface area contributed by atoms with Gasteiger partial charge in [0.1, 0.15) is 17.2 Å². The molecule has 1 N–H and O–H groups in total. The van der Waals surface area contributed by atoms with Crippen LogP contribution in [0.1, 0.15) is 35.1 Å². The van der Waals surface area contributed by atoms with Crippen LogP contribution in [0.5, 0.6) is 11.5 Å². The highest BCUT2D eigenvalue weighted by Gasteiger charge is 2.29. The lowest BCUT2D eigenvalue weighted by atomic mass is 10.2. The van der Waals surface area contributed by atoms with Crippen LogP contribution in [0.3, 0.4) is 0 Å². The van der Waals surface area contributed by atoms with Crippen molar-refractivity contribution in [2.75, 3.05) is 7.05 Å². The Morgan fingerprint density at radius 3 is 2.72 bits per heavy atom. The highest BCUT2D eigenvalue weighted by molar-refractivity contribution is 5.92. The summed E-state index contributed by atoms with van der Waals surface area (Å²) in [5, 5.41) is 6.55. The predicted octanol–water partition coefficient (Wildman–Crippen LogP) is 3.16. The Kier molecular flexibility index (Phi) is 3.89. The molecule has 4 rings (SSSR count). The van der Waals surface area contributed by atoms with Crippen LogP contribution >= 0.6 is 0 Å². The number of carbonyl (C=O) groups is 1. The molecule has 0 unspecified atom stereocenters. The molecule has 3 aromatic rings. The van der Waals surface area contributed by atoms with Gasteiger partial charge in [0, 0.05) is 30.8 Å². The van der Waals surface area contributed by atoms with E-state index in [9.17, 15) is 4.79 Å². The third-order valence-corrected chi connectivity index (χ3v) is 3.91. The van der Waals surface area contributed by atoms with Gasteiger partial charge in [-0.2, -0.15) is 4.98 Å². The Morgan fingerprint density at radius 1 is 1.20 bits per heavy atom. The molecule has 0 radical (unpaired) electrons. The van der Waals surface area contributed by atoms with Crippen molar-refractivity contribution in [2.24, 2.45) is 0 Å². The molecule has 0 aliphatic heterocycles. The average molecular weight is 336 g/mol. The zero-order valence-electron chi connectivity index (χ0n) is 13.6. The van der Waals surface area contributed by atoms with Gasteiger partial charge in [0.2, 0.25) is 11.7 Å². The number of carbonyl (C=O) groups excluding carboxylic acids is 1. The first kappa shape index (κ1) is 15.3. The lowest BCUT2D eigenvalue weighted by molar-refractivity contribution is 0.0958. The van der Waals surface area contributed by atoms with Crippen LogP contribution < -0.4 is 10.1 Å². The largest absolute Gasteiger partial charge is 0.457 e. The van der Waals surface area contributed by atoms with E-state index >= 15 is 0 Å². The molecular weight excluding hydrogens is 320 g/mol. The van der Waals surface area contributed by atoms with Crippen LogP contribution in [0.25, 0.3) is 11.4 Å². The Labute approximate surface area is 144 Å². The maximum absolute atomic E-state index is 11.6. The van der Waals surface area contributed by atoms with Gasteiger partial charge in [-0.25, -0.2) is 0 Å². The number of amides is 1. The van der Waals surface area contributed by atoms with Gasteiger partial charge in [-0.3, -0.25) is 9.78 Å². The van der Waals surface area contributed by atoms with Gasteiger partial charge in [0.25, 0.3) is 5.91 Å². The third kappa shape index (κ3) is 3.35. The van der Waals surface area contributed by atoms with E-state index in [4.69, 9.17) is 9.26 Å². The zero-order valence-corrected chi connectivity index (χ0v) is 13.6. The molecule has 0 atom stereocenters. The molecule has 0 spiro atoms. The zero-order chi connectivity index (χ0) is 17.2. The van der Waals surface area contributed by atoms with Gasteiger partial charge in [-0.15, -0.1) is 0 Å². The molecule has 7 heteroatoms. The maximum atomic E-state index is 11.6. The van der Waals surface area contributed by atoms with Crippen LogP contribution in [0.4, 0.5) is 0 Å². The fraction of sp³-hybridized carbons (Fsp3) is 0.222. The van der Waals surface area contributed by atoms with Crippen LogP contribution in [0.2, 0.25) is 0 Å². The molecule has 7 nitrogen and oxygen atoms in total. The average Bonchev–Trinajstić information content (AvgIpc) is 3.39. The van der Waals surface area contributed by atoms with E-state index in [1.165, 1.54) is 6.20 Å². The van der Waals surface area contributed by atoms with E-state index in [2.05, 4.69) is 20.4 Å². The van der Waals surface area contributed by atoms with Gasteiger partial charge >= 0.3 is 0 Å². The molecule has 1 aromatic carbocycles. The number of nitrogens with one attached hydrogen (secondary N) is 1. The molecule has 2 aromatic heterocycles. The van der Waals surface area contributed by atoms with Gasteiger partial charge < -0.3 is 14.6 Å². The summed E-state index contributed by atoms with van der Waals surface area (Å²) < 4.78 is 11.1. The van der Waals surface area contributed by atoms with Crippen LogP contribution in [0.15, 0.2) is 47.1 Å². The lowest BCUT2D eigenvalue weighted by Crippen LogP contribution is -2.18. The molecule has 0 saturated heterocycles. The Bertz CT molecular complexity index is 901. The molecule has 126 valence electrons. The van der Waals surface area contributed by atoms with Crippen molar-refractivity contribution in [2.45, 2.75) is 18.8 Å². The summed E-state index contributed by atoms with van der Waals surface area (Å²) in [7, 11) is 1.56. The minimum atomic E-state index is -0.260. The summed E-state index contributed by atoms with van der Waals surface area (Å²) in [6.07, 6.45) is 3.78. The van der Waals surface area contributed by atoms with Crippen molar-refractivity contribution in [1.29, 1.82) is 0 Å². The minimum Gasteiger partial charge on any atom is -0.457 e. The van der Waals surface area contributed by atoms with E-state index in [0.29, 0.717) is 34.8 Å². The fourth-order valence-electron chi connectivity index (χ4n) is 2.38. The molecule has 2 heterocycles. The first-order valence-corrected chi connectivity index (χ1v) is 8.03. The van der Waals surface area contributed by atoms with Crippen molar-refractivity contribution in [3.05, 3.63) is 54.2 Å². The standard InChI is InChI=1S/C18H16N4O3/c1-19-17(23)15-10-14(8-9-20-15)24-13-6-4-11(5-7-13)16-21-18(25-22-16)12-2-3-12/h4-10,12H,2-3H2,1H3,(H,19,23). The number of ether oxygens (including phenoxy) is 1. The highest BCUT2D eigenvalue weighted by atomic mass is 16.5. The monoisotopic (exact) mass is 336 g/mol. The molecule has 1 aliphatic rings. The van der Waals surface area contributed by atoms with Crippen molar-refractivity contribution in [3.63, 3.8) is 0 Å². The van der Waals surface area contributed by atoms with E-state index in [1.54, 1.807) is 19.2 Å². The van der Waals surface area contributed by atoms with Crippen LogP contribution in [0, 0.1) is 0 Å². The molecular formula is C18H16N4O3. The van der Waals surface area contributed by atoms with E-state index in [-0.39, 0.29) is 5.91 Å². The van der Waals surface area contributed by atoms with Crippen molar-refractivity contribution in [3.8, 4) is 22.9 Å². The number of nitrogens with zero attached hydrogens (tertiary/aromatic N) is 3. The molecule has 1 amide bonds. The topological polar surface area (TPSA) is 90.1 Å². The summed E-state index contributed by atoms with van der Waals surface area (Å²) in [6.45, 7) is 0. The van der Waals surface area contributed by atoms with Gasteiger partial charge in [0.15, 0.2) is 0 Å². The highest BCUT2D eigenvalue weighted by Crippen LogP contribution is 2.39. The summed E-state index contributed by atoms with van der Waals surface area (Å²) in [6, 6.07) is 10.7. The van der Waals surface area contributed by atoms with E-state index < -0.39 is 0 Å². The summed E-state index contributed by atoms with van der Waals surface area (Å²) >= 11 is 0. The predicted molar refractivity (Wildman–Crippen MR) is 89.4 cm³/mol. The Balaban J connectivity index is 1.49. The van der Waals surface area contributed by atoms with Crippen LogP contribution in [-0.2, 0) is 0 Å². The smallest absolute Gasteiger partial charge is 0.269 e. The van der Waals surface area contributed by atoms with E-state index in [1.807, 2.05) is 24.3 Å². The Morgan fingerprint density at radius 2 is 2.00 bits per heavy atom. The van der Waals surface area contributed by atoms with Gasteiger partial charge in [0.05, 0.1) is 0 Å². The normalized spacial score (nSPS) is 13.5. The number of rotatable bonds is 5. The van der Waals surface area contributed by atoms with Crippen molar-refractivity contribution in [1.82, 2.24) is 20.4 Å². The summed E-state index contributed by atoms with van der Waals surface area (Å²) in [5.74, 6) is 2.66. The van der Waals surface area contributed by atoms with Crippen molar-refractivity contribution >= 4 is 5.91 Å². The molecule has 0 bridgehead atoms. The second-order valence-corrected chi connectivity index (χ2v) is 5.81. The van der Waals surface area contributed by atoms with Crippen molar-refractivity contribution < 1.29 is 14.1 Å². The SMILES string of the molecule is CNC(=O)c1cc(Oc2ccc(-c3noc(C4CC4)n3)cc2)ccn1. The van der Waals surface area contributed by atoms with Gasteiger partial charge in [-0.1, -0.05) is 5.16 Å². The second kappa shape index (κ2) is 6.35. The van der Waals surface area contributed by atoms with Crippen LogP contribution in [-0.4, -0.2) is 28.1 Å². The summed E-state index contributed by atoms with van der Waals surface area (Å²) in [5.41, 5.74) is 1.17. The fourth-order valence-corrected chi connectivity index (χ4v) is 2.38. The second-order valence-electron chi connectivity index (χ2n) is 5.81. The number of aromatic nitrogens is 3. The first-order valence-electron chi connectivity index (χ1n) is 8.03. The molecule has 1 saturated carbocycles. The number of pyridine rings is 1. The molecule has 1 aliphatic carbocycles. The maximum Gasteiger partial charge on any atom is 0.269 e. The van der Waals surface area contributed by atoms with E-state index in [0.717, 1.165) is 18.4 Å². The summed E-state index contributed by atoms with van der Waals surface area (Å²) in [4.78, 5) is 20.1. The number of hydrogen-bond donors (Lipinski definition) is 1. The lowest BCUT2D eigenvalue weighted by Gasteiger charge is -2.07. The Hall–Kier alpha value is -3.22.